The molecule has 0 bridgehead atoms. The molecule has 0 atom stereocenters. The molecule has 0 heterocycles. The fraction of sp³-hybridized carbons (Fsp3) is 0.562. The van der Waals surface area contributed by atoms with Crippen LogP contribution in [0.25, 0.3) is 0 Å². The number of hydrogen-bond donors (Lipinski definition) is 2. The predicted octanol–water partition coefficient (Wildman–Crippen LogP) is 2.97. The monoisotopic (exact) mass is 277 g/mol. The molecule has 20 heavy (non-hydrogen) atoms. The summed E-state index contributed by atoms with van der Waals surface area (Å²) < 4.78 is 0. The fourth-order valence-corrected chi connectivity index (χ4v) is 1.94. The highest BCUT2D eigenvalue weighted by atomic mass is 16.1. The fourth-order valence-electron chi connectivity index (χ4n) is 1.94. The van der Waals surface area contributed by atoms with E-state index in [0.29, 0.717) is 12.1 Å². The van der Waals surface area contributed by atoms with Crippen LogP contribution in [0, 0.1) is 5.92 Å². The van der Waals surface area contributed by atoms with E-state index >= 15 is 0 Å². The van der Waals surface area contributed by atoms with Crippen LogP contribution in [0.4, 0.5) is 11.4 Å². The van der Waals surface area contributed by atoms with Gasteiger partial charge in [-0.05, 0) is 57.1 Å². The molecule has 1 amide bonds. The number of carbonyl (C=O) groups is 1. The first kappa shape index (κ1) is 16.5. The van der Waals surface area contributed by atoms with E-state index in [1.165, 1.54) is 6.42 Å². The minimum atomic E-state index is 0.0489. The van der Waals surface area contributed by atoms with Gasteiger partial charge in [0, 0.05) is 17.8 Å². The maximum atomic E-state index is 11.8. The van der Waals surface area contributed by atoms with Crippen molar-refractivity contribution in [1.82, 2.24) is 4.90 Å². The second-order valence-corrected chi connectivity index (χ2v) is 5.76. The molecule has 4 nitrogen and oxygen atoms in total. The summed E-state index contributed by atoms with van der Waals surface area (Å²) in [6, 6.07) is 7.26. The molecular weight excluding hydrogens is 250 g/mol. The van der Waals surface area contributed by atoms with E-state index in [2.05, 4.69) is 31.1 Å². The van der Waals surface area contributed by atoms with Crippen molar-refractivity contribution in [3.8, 4) is 0 Å². The Morgan fingerprint density at radius 2 is 2.10 bits per heavy atom. The van der Waals surface area contributed by atoms with Gasteiger partial charge in [-0.2, -0.15) is 0 Å². The maximum absolute atomic E-state index is 11.8. The Balaban J connectivity index is 2.20. The summed E-state index contributed by atoms with van der Waals surface area (Å²) in [5.41, 5.74) is 7.10. The summed E-state index contributed by atoms with van der Waals surface area (Å²) in [4.78, 5) is 14.1. The van der Waals surface area contributed by atoms with E-state index < -0.39 is 0 Å². The van der Waals surface area contributed by atoms with Crippen molar-refractivity contribution in [2.45, 2.75) is 33.1 Å². The Hall–Kier alpha value is -1.55. The normalized spacial score (nSPS) is 11.1. The van der Waals surface area contributed by atoms with Crippen molar-refractivity contribution in [3.05, 3.63) is 24.3 Å². The number of rotatable bonds is 8. The van der Waals surface area contributed by atoms with Crippen molar-refractivity contribution in [1.29, 1.82) is 0 Å². The molecule has 0 aliphatic carbocycles. The molecule has 0 spiro atoms. The van der Waals surface area contributed by atoms with Gasteiger partial charge in [-0.3, -0.25) is 4.79 Å². The first-order valence-electron chi connectivity index (χ1n) is 7.31. The van der Waals surface area contributed by atoms with Gasteiger partial charge >= 0.3 is 0 Å². The zero-order valence-electron chi connectivity index (χ0n) is 12.9. The Bertz CT molecular complexity index is 418. The number of anilines is 2. The lowest BCUT2D eigenvalue weighted by atomic mass is 10.1. The third-order valence-corrected chi connectivity index (χ3v) is 3.20. The zero-order chi connectivity index (χ0) is 15.0. The molecule has 3 N–H and O–H groups in total. The van der Waals surface area contributed by atoms with Gasteiger partial charge in [-0.25, -0.2) is 0 Å². The molecule has 4 heteroatoms. The summed E-state index contributed by atoms with van der Waals surface area (Å²) in [6.45, 7) is 6.51. The van der Waals surface area contributed by atoms with Crippen molar-refractivity contribution in [3.63, 3.8) is 0 Å². The van der Waals surface area contributed by atoms with Crippen LogP contribution in [-0.4, -0.2) is 30.9 Å². The molecule has 0 aromatic heterocycles. The van der Waals surface area contributed by atoms with Gasteiger partial charge in [-0.15, -0.1) is 0 Å². The van der Waals surface area contributed by atoms with Crippen LogP contribution >= 0.6 is 0 Å². The van der Waals surface area contributed by atoms with Gasteiger partial charge in [0.25, 0.3) is 0 Å². The highest BCUT2D eigenvalue weighted by Gasteiger charge is 2.05. The SMILES string of the molecule is CC(C)CCN(C)CCCC(=O)Nc1cccc(N)c1. The predicted molar refractivity (Wildman–Crippen MR) is 85.7 cm³/mol. The number of amides is 1. The van der Waals surface area contributed by atoms with Gasteiger partial charge in [0.05, 0.1) is 0 Å². The van der Waals surface area contributed by atoms with E-state index in [1.807, 2.05) is 12.1 Å². The Kier molecular flexibility index (Phi) is 7.09. The summed E-state index contributed by atoms with van der Waals surface area (Å²) in [6.07, 6.45) is 2.62. The smallest absolute Gasteiger partial charge is 0.224 e. The van der Waals surface area contributed by atoms with E-state index in [9.17, 15) is 4.79 Å². The van der Waals surface area contributed by atoms with Crippen LogP contribution < -0.4 is 11.1 Å². The number of nitrogen functional groups attached to an aromatic ring is 1. The molecule has 1 rings (SSSR count). The van der Waals surface area contributed by atoms with Crippen LogP contribution in [0.1, 0.15) is 33.1 Å². The van der Waals surface area contributed by atoms with Gasteiger partial charge in [0.1, 0.15) is 0 Å². The van der Waals surface area contributed by atoms with Gasteiger partial charge < -0.3 is 16.0 Å². The number of nitrogens with two attached hydrogens (primary N) is 1. The van der Waals surface area contributed by atoms with Crippen molar-refractivity contribution >= 4 is 17.3 Å². The second kappa shape index (κ2) is 8.59. The maximum Gasteiger partial charge on any atom is 0.224 e. The molecule has 0 radical (unpaired) electrons. The lowest BCUT2D eigenvalue weighted by Gasteiger charge is -2.17. The number of nitrogens with one attached hydrogen (secondary N) is 1. The van der Waals surface area contributed by atoms with Crippen molar-refractivity contribution in [2.24, 2.45) is 5.92 Å². The highest BCUT2D eigenvalue weighted by molar-refractivity contribution is 5.91. The third-order valence-electron chi connectivity index (χ3n) is 3.20. The number of hydrogen-bond acceptors (Lipinski definition) is 3. The third kappa shape index (κ3) is 7.14. The zero-order valence-corrected chi connectivity index (χ0v) is 12.9. The minimum Gasteiger partial charge on any atom is -0.399 e. The molecule has 0 aliphatic rings. The van der Waals surface area contributed by atoms with E-state index in [1.54, 1.807) is 12.1 Å². The first-order valence-corrected chi connectivity index (χ1v) is 7.31. The molecule has 0 aliphatic heterocycles. The average molecular weight is 277 g/mol. The van der Waals surface area contributed by atoms with E-state index in [0.717, 1.165) is 31.1 Å². The average Bonchev–Trinajstić information content (AvgIpc) is 2.36. The molecule has 0 unspecified atom stereocenters. The minimum absolute atomic E-state index is 0.0489. The lowest BCUT2D eigenvalue weighted by Crippen LogP contribution is -2.23. The number of benzene rings is 1. The van der Waals surface area contributed by atoms with Crippen LogP contribution in [0.5, 0.6) is 0 Å². The summed E-state index contributed by atoms with van der Waals surface area (Å²) in [5, 5.41) is 2.87. The summed E-state index contributed by atoms with van der Waals surface area (Å²) in [5.74, 6) is 0.775. The van der Waals surface area contributed by atoms with Crippen LogP contribution in [0.2, 0.25) is 0 Å². The first-order chi connectivity index (χ1) is 9.47. The Morgan fingerprint density at radius 3 is 2.75 bits per heavy atom. The standard InChI is InChI=1S/C16H27N3O/c1-13(2)9-11-19(3)10-5-8-16(20)18-15-7-4-6-14(17)12-15/h4,6-7,12-13H,5,8-11,17H2,1-3H3,(H,18,20). The summed E-state index contributed by atoms with van der Waals surface area (Å²) >= 11 is 0. The number of carbonyl (C=O) groups excluding carboxylic acids is 1. The molecule has 0 fully saturated rings. The van der Waals surface area contributed by atoms with E-state index in [-0.39, 0.29) is 5.91 Å². The topological polar surface area (TPSA) is 58.4 Å². The molecular formula is C16H27N3O. The van der Waals surface area contributed by atoms with E-state index in [4.69, 9.17) is 5.73 Å². The second-order valence-electron chi connectivity index (χ2n) is 5.76. The van der Waals surface area contributed by atoms with Crippen LogP contribution in [-0.2, 0) is 4.79 Å². The molecule has 1 aromatic rings. The van der Waals surface area contributed by atoms with Crippen molar-refractivity contribution < 1.29 is 4.79 Å². The van der Waals surface area contributed by atoms with Crippen molar-refractivity contribution in [2.75, 3.05) is 31.2 Å². The quantitative estimate of drug-likeness (QED) is 0.718. The molecule has 0 saturated heterocycles. The lowest BCUT2D eigenvalue weighted by molar-refractivity contribution is -0.116. The van der Waals surface area contributed by atoms with Gasteiger partial charge in [0.2, 0.25) is 5.91 Å². The van der Waals surface area contributed by atoms with Crippen LogP contribution in [0.3, 0.4) is 0 Å². The Labute approximate surface area is 122 Å². The highest BCUT2D eigenvalue weighted by Crippen LogP contribution is 2.12. The number of nitrogens with zero attached hydrogens (tertiary/aromatic N) is 1. The molecule has 0 saturated carbocycles. The largest absolute Gasteiger partial charge is 0.399 e. The molecule has 1 aromatic carbocycles. The van der Waals surface area contributed by atoms with Crippen LogP contribution in [0.15, 0.2) is 24.3 Å². The van der Waals surface area contributed by atoms with Gasteiger partial charge in [-0.1, -0.05) is 19.9 Å². The Morgan fingerprint density at radius 1 is 1.35 bits per heavy atom. The van der Waals surface area contributed by atoms with Gasteiger partial charge in [0.15, 0.2) is 0 Å². The summed E-state index contributed by atoms with van der Waals surface area (Å²) in [7, 11) is 2.11. The molecule has 112 valence electrons.